The third-order valence-corrected chi connectivity index (χ3v) is 6.22. The maximum atomic E-state index is 12.6. The number of hydrogen-bond acceptors (Lipinski definition) is 3. The van der Waals surface area contributed by atoms with Crippen LogP contribution >= 0.6 is 24.8 Å². The van der Waals surface area contributed by atoms with Gasteiger partial charge in [0.15, 0.2) is 0 Å². The Hall–Kier alpha value is -0.810. The smallest absolute Gasteiger partial charge is 0.220 e. The topological polar surface area (TPSA) is 44.4 Å². The highest BCUT2D eigenvalue weighted by Gasteiger charge is 2.34. The van der Waals surface area contributed by atoms with Crippen LogP contribution in [-0.2, 0) is 11.2 Å². The molecule has 2 fully saturated rings. The fourth-order valence-electron chi connectivity index (χ4n) is 4.86. The molecule has 0 spiro atoms. The van der Waals surface area contributed by atoms with Gasteiger partial charge in [-0.05, 0) is 56.7 Å². The zero-order valence-corrected chi connectivity index (χ0v) is 18.9. The number of nitrogens with one attached hydrogen (secondary N) is 2. The minimum atomic E-state index is 0. The molecule has 1 aromatic rings. The van der Waals surface area contributed by atoms with Crippen LogP contribution < -0.4 is 10.6 Å². The van der Waals surface area contributed by atoms with Crippen LogP contribution in [0, 0.1) is 5.92 Å². The summed E-state index contributed by atoms with van der Waals surface area (Å²) in [7, 11) is 0. The van der Waals surface area contributed by atoms with Crippen LogP contribution in [0.5, 0.6) is 0 Å². The SMILES string of the molecule is CCN(CC)C(CNC(=O)CC1CC2CCC(C1)N2)Cc1ccccc1.Cl.Cl. The number of halogens is 2. The fourth-order valence-corrected chi connectivity index (χ4v) is 4.86. The average Bonchev–Trinajstić information content (AvgIpc) is 2.99. The molecule has 160 valence electrons. The molecule has 0 saturated carbocycles. The lowest BCUT2D eigenvalue weighted by molar-refractivity contribution is -0.122. The summed E-state index contributed by atoms with van der Waals surface area (Å²) < 4.78 is 0. The predicted molar refractivity (Wildman–Crippen MR) is 122 cm³/mol. The van der Waals surface area contributed by atoms with Crippen LogP contribution in [0.25, 0.3) is 0 Å². The number of piperidine rings is 1. The number of rotatable bonds is 9. The quantitative estimate of drug-likeness (QED) is 0.626. The molecule has 28 heavy (non-hydrogen) atoms. The summed E-state index contributed by atoms with van der Waals surface area (Å²) in [5, 5.41) is 6.91. The summed E-state index contributed by atoms with van der Waals surface area (Å²) >= 11 is 0. The van der Waals surface area contributed by atoms with Gasteiger partial charge in [0.25, 0.3) is 0 Å². The van der Waals surface area contributed by atoms with Crippen LogP contribution in [0.2, 0.25) is 0 Å². The van der Waals surface area contributed by atoms with Gasteiger partial charge in [0.2, 0.25) is 5.91 Å². The highest BCUT2D eigenvalue weighted by molar-refractivity contribution is 5.85. The first kappa shape index (κ1) is 25.2. The second-order valence-electron chi connectivity index (χ2n) is 8.05. The van der Waals surface area contributed by atoms with E-state index in [-0.39, 0.29) is 30.7 Å². The minimum Gasteiger partial charge on any atom is -0.355 e. The molecular formula is C22H37Cl2N3O. The van der Waals surface area contributed by atoms with Gasteiger partial charge in [-0.1, -0.05) is 44.2 Å². The second-order valence-corrected chi connectivity index (χ2v) is 8.05. The Kier molecular flexibility index (Phi) is 11.4. The van der Waals surface area contributed by atoms with E-state index in [0.29, 0.717) is 30.5 Å². The van der Waals surface area contributed by atoms with Crippen molar-refractivity contribution in [2.75, 3.05) is 19.6 Å². The molecule has 2 N–H and O–H groups in total. The first-order valence-corrected chi connectivity index (χ1v) is 10.5. The molecule has 0 radical (unpaired) electrons. The third-order valence-electron chi connectivity index (χ3n) is 6.22. The molecule has 6 heteroatoms. The van der Waals surface area contributed by atoms with Crippen LogP contribution in [0.1, 0.15) is 51.5 Å². The van der Waals surface area contributed by atoms with Gasteiger partial charge in [-0.25, -0.2) is 0 Å². The van der Waals surface area contributed by atoms with Crippen molar-refractivity contribution in [2.45, 2.75) is 70.5 Å². The van der Waals surface area contributed by atoms with Gasteiger partial charge in [0, 0.05) is 31.1 Å². The summed E-state index contributed by atoms with van der Waals surface area (Å²) in [5.41, 5.74) is 1.34. The normalized spacial score (nSPS) is 24.2. The lowest BCUT2D eigenvalue weighted by atomic mass is 9.89. The zero-order chi connectivity index (χ0) is 18.4. The number of carbonyl (C=O) groups excluding carboxylic acids is 1. The molecular weight excluding hydrogens is 393 g/mol. The molecule has 0 aliphatic carbocycles. The Morgan fingerprint density at radius 2 is 1.71 bits per heavy atom. The Morgan fingerprint density at radius 3 is 2.29 bits per heavy atom. The number of carbonyl (C=O) groups is 1. The molecule has 2 bridgehead atoms. The Bertz CT molecular complexity index is 556. The van der Waals surface area contributed by atoms with Crippen molar-refractivity contribution in [3.63, 3.8) is 0 Å². The first-order chi connectivity index (χ1) is 12.7. The molecule has 1 aromatic carbocycles. The van der Waals surface area contributed by atoms with Gasteiger partial charge in [0.1, 0.15) is 0 Å². The van der Waals surface area contributed by atoms with E-state index in [1.165, 1.54) is 31.2 Å². The maximum absolute atomic E-state index is 12.6. The summed E-state index contributed by atoms with van der Waals surface area (Å²) in [6.07, 6.45) is 6.62. The standard InChI is InChI=1S/C22H35N3O.2ClH/c1-3-25(4-2)21(14-17-8-6-5-7-9-17)16-23-22(26)15-18-12-19-10-11-20(13-18)24-19;;/h5-9,18-21,24H,3-4,10-16H2,1-2H3,(H,23,26);2*1H. The molecule has 4 nitrogen and oxygen atoms in total. The molecule has 2 heterocycles. The average molecular weight is 430 g/mol. The van der Waals surface area contributed by atoms with E-state index in [4.69, 9.17) is 0 Å². The number of hydrogen-bond donors (Lipinski definition) is 2. The predicted octanol–water partition coefficient (Wildman–Crippen LogP) is 3.82. The molecule has 3 rings (SSSR count). The Labute approximate surface area is 183 Å². The molecule has 1 amide bonds. The van der Waals surface area contributed by atoms with Gasteiger partial charge in [0.05, 0.1) is 0 Å². The maximum Gasteiger partial charge on any atom is 0.220 e. The summed E-state index contributed by atoms with van der Waals surface area (Å²) in [6.45, 7) is 7.18. The van der Waals surface area contributed by atoms with E-state index in [2.05, 4.69) is 59.7 Å². The molecule has 0 aromatic heterocycles. The lowest BCUT2D eigenvalue weighted by Gasteiger charge is -2.31. The molecule has 3 atom stereocenters. The highest BCUT2D eigenvalue weighted by Crippen LogP contribution is 2.32. The second kappa shape index (κ2) is 12.7. The van der Waals surface area contributed by atoms with Crippen LogP contribution in [-0.4, -0.2) is 48.6 Å². The first-order valence-electron chi connectivity index (χ1n) is 10.5. The Balaban J connectivity index is 0.00000196. The molecule has 2 saturated heterocycles. The van der Waals surface area contributed by atoms with Crippen LogP contribution in [0.15, 0.2) is 30.3 Å². The molecule has 2 aliphatic heterocycles. The zero-order valence-electron chi connectivity index (χ0n) is 17.2. The fraction of sp³-hybridized carbons (Fsp3) is 0.682. The van der Waals surface area contributed by atoms with E-state index in [0.717, 1.165) is 26.1 Å². The highest BCUT2D eigenvalue weighted by atomic mass is 35.5. The van der Waals surface area contributed by atoms with E-state index in [1.807, 2.05) is 0 Å². The number of fused-ring (bicyclic) bond motifs is 2. The van der Waals surface area contributed by atoms with Gasteiger partial charge >= 0.3 is 0 Å². The van der Waals surface area contributed by atoms with Crippen molar-refractivity contribution in [3.05, 3.63) is 35.9 Å². The van der Waals surface area contributed by atoms with Crippen molar-refractivity contribution in [1.29, 1.82) is 0 Å². The molecule has 2 aliphatic rings. The number of benzene rings is 1. The minimum absolute atomic E-state index is 0. The third kappa shape index (κ3) is 7.22. The molecule has 3 unspecified atom stereocenters. The van der Waals surface area contributed by atoms with Crippen molar-refractivity contribution in [3.8, 4) is 0 Å². The van der Waals surface area contributed by atoms with Gasteiger partial charge < -0.3 is 10.6 Å². The van der Waals surface area contributed by atoms with Crippen molar-refractivity contribution in [2.24, 2.45) is 5.92 Å². The van der Waals surface area contributed by atoms with Gasteiger partial charge in [-0.15, -0.1) is 24.8 Å². The number of nitrogens with zero attached hydrogens (tertiary/aromatic N) is 1. The van der Waals surface area contributed by atoms with E-state index < -0.39 is 0 Å². The van der Waals surface area contributed by atoms with Crippen LogP contribution in [0.3, 0.4) is 0 Å². The van der Waals surface area contributed by atoms with Crippen molar-refractivity contribution < 1.29 is 4.79 Å². The van der Waals surface area contributed by atoms with Crippen molar-refractivity contribution >= 4 is 30.7 Å². The summed E-state index contributed by atoms with van der Waals surface area (Å²) in [6, 6.07) is 12.3. The van der Waals surface area contributed by atoms with Crippen molar-refractivity contribution in [1.82, 2.24) is 15.5 Å². The van der Waals surface area contributed by atoms with E-state index in [9.17, 15) is 4.79 Å². The van der Waals surface area contributed by atoms with E-state index in [1.54, 1.807) is 0 Å². The van der Waals surface area contributed by atoms with Gasteiger partial charge in [-0.2, -0.15) is 0 Å². The van der Waals surface area contributed by atoms with Crippen LogP contribution in [0.4, 0.5) is 0 Å². The monoisotopic (exact) mass is 429 g/mol. The Morgan fingerprint density at radius 1 is 1.11 bits per heavy atom. The largest absolute Gasteiger partial charge is 0.355 e. The number of likely N-dealkylation sites (N-methyl/N-ethyl adjacent to an activating group) is 1. The lowest BCUT2D eigenvalue weighted by Crippen LogP contribution is -2.46. The summed E-state index contributed by atoms with van der Waals surface area (Å²) in [4.78, 5) is 15.0. The van der Waals surface area contributed by atoms with E-state index >= 15 is 0 Å². The summed E-state index contributed by atoms with van der Waals surface area (Å²) in [5.74, 6) is 0.802. The van der Waals surface area contributed by atoms with Gasteiger partial charge in [-0.3, -0.25) is 9.69 Å². The number of amides is 1.